The Labute approximate surface area is 101 Å². The van der Waals surface area contributed by atoms with Gasteiger partial charge in [0.2, 0.25) is 0 Å². The molecule has 1 aromatic rings. The first-order valence-electron chi connectivity index (χ1n) is 5.59. The van der Waals surface area contributed by atoms with E-state index in [1.807, 2.05) is 0 Å². The van der Waals surface area contributed by atoms with Gasteiger partial charge in [-0.15, -0.1) is 0 Å². The third kappa shape index (κ3) is 4.26. The van der Waals surface area contributed by atoms with E-state index in [0.717, 1.165) is 5.56 Å². The van der Waals surface area contributed by atoms with Gasteiger partial charge in [0.05, 0.1) is 25.2 Å². The van der Waals surface area contributed by atoms with Crippen LogP contribution in [0.25, 0.3) is 0 Å². The lowest BCUT2D eigenvalue weighted by Gasteiger charge is -2.04. The number of esters is 2. The van der Waals surface area contributed by atoms with E-state index in [1.165, 1.54) is 0 Å². The van der Waals surface area contributed by atoms with E-state index in [2.05, 4.69) is 0 Å². The van der Waals surface area contributed by atoms with Gasteiger partial charge >= 0.3 is 11.9 Å². The molecule has 0 saturated carbocycles. The molecule has 0 atom stereocenters. The van der Waals surface area contributed by atoms with Gasteiger partial charge in [0.25, 0.3) is 0 Å². The SMILES string of the molecule is CCOC(=O)Cc1ccc(C(=O)OCC)cc1. The largest absolute Gasteiger partial charge is 0.466 e. The van der Waals surface area contributed by atoms with Gasteiger partial charge in [-0.2, -0.15) is 0 Å². The van der Waals surface area contributed by atoms with Crippen molar-refractivity contribution < 1.29 is 19.1 Å². The zero-order valence-corrected chi connectivity index (χ0v) is 10.1. The summed E-state index contributed by atoms with van der Waals surface area (Å²) in [6.07, 6.45) is 0.219. The fourth-order valence-electron chi connectivity index (χ4n) is 1.35. The molecule has 17 heavy (non-hydrogen) atoms. The molecule has 0 radical (unpaired) electrons. The molecule has 0 N–H and O–H groups in total. The first-order chi connectivity index (χ1) is 8.17. The Bertz CT molecular complexity index is 381. The van der Waals surface area contributed by atoms with Crippen LogP contribution in [-0.4, -0.2) is 25.2 Å². The summed E-state index contributed by atoms with van der Waals surface area (Å²) in [4.78, 5) is 22.6. The van der Waals surface area contributed by atoms with Crippen molar-refractivity contribution in [2.45, 2.75) is 20.3 Å². The highest BCUT2D eigenvalue weighted by atomic mass is 16.5. The molecule has 0 amide bonds. The summed E-state index contributed by atoms with van der Waals surface area (Å²) in [7, 11) is 0. The van der Waals surface area contributed by atoms with E-state index >= 15 is 0 Å². The molecule has 0 aliphatic heterocycles. The number of hydrogen-bond acceptors (Lipinski definition) is 4. The van der Waals surface area contributed by atoms with Crippen LogP contribution >= 0.6 is 0 Å². The minimum Gasteiger partial charge on any atom is -0.466 e. The van der Waals surface area contributed by atoms with Crippen LogP contribution in [0.3, 0.4) is 0 Å². The van der Waals surface area contributed by atoms with Crippen molar-refractivity contribution in [1.29, 1.82) is 0 Å². The molecule has 0 aliphatic rings. The normalized spacial score (nSPS) is 9.76. The van der Waals surface area contributed by atoms with Gasteiger partial charge in [-0.3, -0.25) is 4.79 Å². The number of ether oxygens (including phenoxy) is 2. The zero-order chi connectivity index (χ0) is 12.7. The van der Waals surface area contributed by atoms with Gasteiger partial charge in [0.1, 0.15) is 0 Å². The molecule has 0 aromatic heterocycles. The van der Waals surface area contributed by atoms with Crippen molar-refractivity contribution in [2.75, 3.05) is 13.2 Å². The third-order valence-electron chi connectivity index (χ3n) is 2.12. The van der Waals surface area contributed by atoms with Crippen molar-refractivity contribution in [3.8, 4) is 0 Å². The summed E-state index contributed by atoms with van der Waals surface area (Å²) < 4.78 is 9.69. The summed E-state index contributed by atoms with van der Waals surface area (Å²) in [5.41, 5.74) is 1.30. The quantitative estimate of drug-likeness (QED) is 0.733. The monoisotopic (exact) mass is 236 g/mol. The summed E-state index contributed by atoms with van der Waals surface area (Å²) in [6, 6.07) is 6.74. The lowest BCUT2D eigenvalue weighted by atomic mass is 10.1. The van der Waals surface area contributed by atoms with Crippen LogP contribution < -0.4 is 0 Å². The smallest absolute Gasteiger partial charge is 0.338 e. The Hall–Kier alpha value is -1.84. The Morgan fingerprint density at radius 1 is 1.00 bits per heavy atom. The van der Waals surface area contributed by atoms with Crippen molar-refractivity contribution in [3.63, 3.8) is 0 Å². The second-order valence-electron chi connectivity index (χ2n) is 3.40. The van der Waals surface area contributed by atoms with E-state index in [-0.39, 0.29) is 18.4 Å². The molecule has 0 bridgehead atoms. The van der Waals surface area contributed by atoms with E-state index < -0.39 is 0 Å². The Morgan fingerprint density at radius 3 is 2.12 bits per heavy atom. The van der Waals surface area contributed by atoms with Gasteiger partial charge in [-0.25, -0.2) is 4.79 Å². The van der Waals surface area contributed by atoms with Crippen LogP contribution in [0.4, 0.5) is 0 Å². The number of carbonyl (C=O) groups is 2. The maximum Gasteiger partial charge on any atom is 0.338 e. The van der Waals surface area contributed by atoms with Gasteiger partial charge in [-0.05, 0) is 31.5 Å². The van der Waals surface area contributed by atoms with Gasteiger partial charge in [0, 0.05) is 0 Å². The van der Waals surface area contributed by atoms with Crippen molar-refractivity contribution in [1.82, 2.24) is 0 Å². The lowest BCUT2D eigenvalue weighted by molar-refractivity contribution is -0.142. The zero-order valence-electron chi connectivity index (χ0n) is 10.1. The van der Waals surface area contributed by atoms with Crippen LogP contribution in [0.1, 0.15) is 29.8 Å². The van der Waals surface area contributed by atoms with Crippen molar-refractivity contribution >= 4 is 11.9 Å². The van der Waals surface area contributed by atoms with E-state index in [4.69, 9.17) is 9.47 Å². The van der Waals surface area contributed by atoms with Crippen LogP contribution in [-0.2, 0) is 20.7 Å². The summed E-state index contributed by atoms with van der Waals surface area (Å²) in [6.45, 7) is 4.25. The molecule has 0 fully saturated rings. The summed E-state index contributed by atoms with van der Waals surface area (Å²) in [5.74, 6) is -0.619. The second-order valence-corrected chi connectivity index (χ2v) is 3.40. The molecule has 1 rings (SSSR count). The van der Waals surface area contributed by atoms with E-state index in [9.17, 15) is 9.59 Å². The predicted molar refractivity (Wildman–Crippen MR) is 62.7 cm³/mol. The molecule has 4 nitrogen and oxygen atoms in total. The lowest BCUT2D eigenvalue weighted by Crippen LogP contribution is -2.08. The molecule has 0 spiro atoms. The highest BCUT2D eigenvalue weighted by Crippen LogP contribution is 2.07. The van der Waals surface area contributed by atoms with E-state index in [1.54, 1.807) is 38.1 Å². The molecule has 4 heteroatoms. The maximum absolute atomic E-state index is 11.4. The first-order valence-corrected chi connectivity index (χ1v) is 5.59. The predicted octanol–water partition coefficient (Wildman–Crippen LogP) is 1.97. The Balaban J connectivity index is 2.61. The Kier molecular flexibility index (Phi) is 5.20. The molecule has 1 aromatic carbocycles. The molecule has 0 unspecified atom stereocenters. The summed E-state index contributed by atoms with van der Waals surface area (Å²) >= 11 is 0. The number of hydrogen-bond donors (Lipinski definition) is 0. The number of carbonyl (C=O) groups excluding carboxylic acids is 2. The minimum absolute atomic E-state index is 0.219. The molecular weight excluding hydrogens is 220 g/mol. The standard InChI is InChI=1S/C13H16O4/c1-3-16-12(14)9-10-5-7-11(8-6-10)13(15)17-4-2/h5-8H,3-4,9H2,1-2H3. The average molecular weight is 236 g/mol. The average Bonchev–Trinajstić information content (AvgIpc) is 2.30. The van der Waals surface area contributed by atoms with Crippen LogP contribution in [0.2, 0.25) is 0 Å². The van der Waals surface area contributed by atoms with Crippen molar-refractivity contribution in [2.24, 2.45) is 0 Å². The topological polar surface area (TPSA) is 52.6 Å². The van der Waals surface area contributed by atoms with Crippen molar-refractivity contribution in [3.05, 3.63) is 35.4 Å². The summed E-state index contributed by atoms with van der Waals surface area (Å²) in [5, 5.41) is 0. The number of rotatable bonds is 5. The van der Waals surface area contributed by atoms with Crippen LogP contribution in [0, 0.1) is 0 Å². The molecule has 0 heterocycles. The first kappa shape index (κ1) is 13.2. The van der Waals surface area contributed by atoms with Crippen LogP contribution in [0.5, 0.6) is 0 Å². The fourth-order valence-corrected chi connectivity index (χ4v) is 1.35. The minimum atomic E-state index is -0.352. The second kappa shape index (κ2) is 6.68. The van der Waals surface area contributed by atoms with E-state index in [0.29, 0.717) is 18.8 Å². The number of benzene rings is 1. The molecular formula is C13H16O4. The van der Waals surface area contributed by atoms with Gasteiger partial charge in [0.15, 0.2) is 0 Å². The molecule has 0 saturated heterocycles. The van der Waals surface area contributed by atoms with Crippen LogP contribution in [0.15, 0.2) is 24.3 Å². The molecule has 92 valence electrons. The fraction of sp³-hybridized carbons (Fsp3) is 0.385. The Morgan fingerprint density at radius 2 is 1.59 bits per heavy atom. The maximum atomic E-state index is 11.4. The highest BCUT2D eigenvalue weighted by molar-refractivity contribution is 5.89. The highest BCUT2D eigenvalue weighted by Gasteiger charge is 2.07. The molecule has 0 aliphatic carbocycles. The van der Waals surface area contributed by atoms with Gasteiger partial charge < -0.3 is 9.47 Å². The third-order valence-corrected chi connectivity index (χ3v) is 2.12. The van der Waals surface area contributed by atoms with Gasteiger partial charge in [-0.1, -0.05) is 12.1 Å².